The van der Waals surface area contributed by atoms with Crippen molar-refractivity contribution in [2.75, 3.05) is 0 Å². The fraction of sp³-hybridized carbons (Fsp3) is 0.462. The van der Waals surface area contributed by atoms with Gasteiger partial charge in [0.05, 0.1) is 17.7 Å². The number of aryl methyl sites for hydroxylation is 2. The molecule has 15 heavy (non-hydrogen) atoms. The van der Waals surface area contributed by atoms with Gasteiger partial charge in [0, 0.05) is 0 Å². The molecule has 80 valence electrons. The maximum absolute atomic E-state index is 8.81. The third-order valence-electron chi connectivity index (χ3n) is 2.48. The highest BCUT2D eigenvalue weighted by molar-refractivity contribution is 5.47. The lowest BCUT2D eigenvalue weighted by atomic mass is 10.1. The molecule has 2 nitrogen and oxygen atoms in total. The molecule has 0 fully saturated rings. The Labute approximate surface area is 91.5 Å². The van der Waals surface area contributed by atoms with Gasteiger partial charge in [-0.3, -0.25) is 0 Å². The summed E-state index contributed by atoms with van der Waals surface area (Å²) in [5.41, 5.74) is 2.76. The van der Waals surface area contributed by atoms with Crippen LogP contribution in [0.5, 0.6) is 5.75 Å². The van der Waals surface area contributed by atoms with E-state index in [4.69, 9.17) is 10.00 Å². The molecule has 1 unspecified atom stereocenters. The molecule has 0 N–H and O–H groups in total. The summed E-state index contributed by atoms with van der Waals surface area (Å²) in [6.07, 6.45) is 1.20. The van der Waals surface area contributed by atoms with Crippen molar-refractivity contribution in [1.29, 1.82) is 5.26 Å². The van der Waals surface area contributed by atoms with Crippen molar-refractivity contribution in [3.63, 3.8) is 0 Å². The van der Waals surface area contributed by atoms with Crippen molar-refractivity contribution in [3.05, 3.63) is 28.8 Å². The Bertz CT molecular complexity index is 367. The van der Waals surface area contributed by atoms with Crippen LogP contribution in [-0.2, 0) is 0 Å². The molecule has 1 aromatic carbocycles. The van der Waals surface area contributed by atoms with Crippen LogP contribution in [-0.4, -0.2) is 6.10 Å². The van der Waals surface area contributed by atoms with Crippen molar-refractivity contribution in [3.8, 4) is 11.8 Å². The van der Waals surface area contributed by atoms with Gasteiger partial charge in [-0.05, 0) is 50.5 Å². The molecule has 0 radical (unpaired) electrons. The Morgan fingerprint density at radius 1 is 1.33 bits per heavy atom. The van der Waals surface area contributed by atoms with Gasteiger partial charge in [-0.15, -0.1) is 0 Å². The van der Waals surface area contributed by atoms with Gasteiger partial charge < -0.3 is 4.74 Å². The predicted octanol–water partition coefficient (Wildman–Crippen LogP) is 3.35. The Balaban J connectivity index is 3.04. The van der Waals surface area contributed by atoms with E-state index in [9.17, 15) is 0 Å². The molecular weight excluding hydrogens is 186 g/mol. The van der Waals surface area contributed by atoms with Crippen LogP contribution in [0.1, 0.15) is 37.0 Å². The van der Waals surface area contributed by atoms with Gasteiger partial charge in [0.2, 0.25) is 0 Å². The molecule has 0 heterocycles. The lowest BCUT2D eigenvalue weighted by Gasteiger charge is -2.17. The lowest BCUT2D eigenvalue weighted by Crippen LogP contribution is -2.11. The highest BCUT2D eigenvalue weighted by Crippen LogP contribution is 2.25. The van der Waals surface area contributed by atoms with Gasteiger partial charge in [-0.25, -0.2) is 0 Å². The first-order valence-corrected chi connectivity index (χ1v) is 5.26. The molecule has 1 atom stereocenters. The van der Waals surface area contributed by atoms with Crippen LogP contribution in [0.4, 0.5) is 0 Å². The van der Waals surface area contributed by atoms with E-state index in [2.05, 4.69) is 19.9 Å². The van der Waals surface area contributed by atoms with E-state index < -0.39 is 0 Å². The summed E-state index contributed by atoms with van der Waals surface area (Å²) in [7, 11) is 0. The molecule has 0 bridgehead atoms. The quantitative estimate of drug-likeness (QED) is 0.754. The summed E-state index contributed by atoms with van der Waals surface area (Å²) < 4.78 is 5.82. The summed E-state index contributed by atoms with van der Waals surface area (Å²) in [5, 5.41) is 8.81. The minimum absolute atomic E-state index is 0.218. The van der Waals surface area contributed by atoms with Crippen LogP contribution in [0.15, 0.2) is 12.1 Å². The second-order valence-electron chi connectivity index (χ2n) is 3.89. The number of ether oxygens (including phenoxy) is 1. The maximum Gasteiger partial charge on any atom is 0.125 e. The molecule has 1 aromatic rings. The van der Waals surface area contributed by atoms with E-state index in [-0.39, 0.29) is 6.10 Å². The number of hydrogen-bond acceptors (Lipinski definition) is 2. The SMILES string of the molecule is CCC(C)Oc1c(C)cc(C#N)cc1C. The zero-order chi connectivity index (χ0) is 11.4. The zero-order valence-electron chi connectivity index (χ0n) is 9.79. The van der Waals surface area contributed by atoms with E-state index in [0.29, 0.717) is 5.56 Å². The fourth-order valence-corrected chi connectivity index (χ4v) is 1.49. The summed E-state index contributed by atoms with van der Waals surface area (Å²) in [5.74, 6) is 0.920. The molecule has 0 aliphatic heterocycles. The molecule has 1 rings (SSSR count). The van der Waals surface area contributed by atoms with Gasteiger partial charge in [-0.1, -0.05) is 6.92 Å². The van der Waals surface area contributed by atoms with Crippen molar-refractivity contribution in [2.45, 2.75) is 40.2 Å². The lowest BCUT2D eigenvalue weighted by molar-refractivity contribution is 0.214. The largest absolute Gasteiger partial charge is 0.490 e. The van der Waals surface area contributed by atoms with Gasteiger partial charge in [0.1, 0.15) is 5.75 Å². The molecular formula is C13H17NO. The molecule has 0 saturated heterocycles. The number of nitrogens with zero attached hydrogens (tertiary/aromatic N) is 1. The Morgan fingerprint density at radius 2 is 1.87 bits per heavy atom. The molecule has 0 aliphatic rings. The van der Waals surface area contributed by atoms with Crippen molar-refractivity contribution in [2.24, 2.45) is 0 Å². The normalized spacial score (nSPS) is 11.9. The first-order chi connectivity index (χ1) is 7.08. The van der Waals surface area contributed by atoms with Crippen molar-refractivity contribution < 1.29 is 4.74 Å². The average molecular weight is 203 g/mol. The first-order valence-electron chi connectivity index (χ1n) is 5.26. The third-order valence-corrected chi connectivity index (χ3v) is 2.48. The summed E-state index contributed by atoms with van der Waals surface area (Å²) >= 11 is 0. The summed E-state index contributed by atoms with van der Waals surface area (Å²) in [6.45, 7) is 8.10. The number of rotatable bonds is 3. The topological polar surface area (TPSA) is 33.0 Å². The van der Waals surface area contributed by atoms with Crippen molar-refractivity contribution in [1.82, 2.24) is 0 Å². The van der Waals surface area contributed by atoms with Crippen molar-refractivity contribution >= 4 is 0 Å². The van der Waals surface area contributed by atoms with Crippen LogP contribution in [0.2, 0.25) is 0 Å². The van der Waals surface area contributed by atoms with E-state index in [1.807, 2.05) is 26.0 Å². The monoisotopic (exact) mass is 203 g/mol. The van der Waals surface area contributed by atoms with Crippen LogP contribution in [0, 0.1) is 25.2 Å². The van der Waals surface area contributed by atoms with Gasteiger partial charge >= 0.3 is 0 Å². The second-order valence-corrected chi connectivity index (χ2v) is 3.89. The van der Waals surface area contributed by atoms with E-state index in [0.717, 1.165) is 23.3 Å². The first kappa shape index (κ1) is 11.6. The van der Waals surface area contributed by atoms with E-state index in [1.165, 1.54) is 0 Å². The second kappa shape index (κ2) is 4.84. The molecule has 0 saturated carbocycles. The maximum atomic E-state index is 8.81. The molecule has 0 spiro atoms. The van der Waals surface area contributed by atoms with Crippen LogP contribution in [0.25, 0.3) is 0 Å². The molecule has 0 aromatic heterocycles. The Kier molecular flexibility index (Phi) is 3.74. The molecule has 0 aliphatic carbocycles. The number of benzene rings is 1. The Hall–Kier alpha value is -1.49. The van der Waals surface area contributed by atoms with E-state index in [1.54, 1.807) is 0 Å². The summed E-state index contributed by atoms with van der Waals surface area (Å²) in [4.78, 5) is 0. The van der Waals surface area contributed by atoms with Crippen LogP contribution >= 0.6 is 0 Å². The third kappa shape index (κ3) is 2.73. The fourth-order valence-electron chi connectivity index (χ4n) is 1.49. The molecule has 0 amide bonds. The van der Waals surface area contributed by atoms with Gasteiger partial charge in [0.25, 0.3) is 0 Å². The highest BCUT2D eigenvalue weighted by atomic mass is 16.5. The zero-order valence-corrected chi connectivity index (χ0v) is 9.79. The van der Waals surface area contributed by atoms with Gasteiger partial charge in [0.15, 0.2) is 0 Å². The number of nitriles is 1. The van der Waals surface area contributed by atoms with Gasteiger partial charge in [-0.2, -0.15) is 5.26 Å². The summed E-state index contributed by atoms with van der Waals surface area (Å²) in [6, 6.07) is 5.88. The number of hydrogen-bond donors (Lipinski definition) is 0. The Morgan fingerprint density at radius 3 is 2.27 bits per heavy atom. The van der Waals surface area contributed by atoms with Crippen LogP contribution < -0.4 is 4.74 Å². The minimum atomic E-state index is 0.218. The smallest absolute Gasteiger partial charge is 0.125 e. The predicted molar refractivity (Wildman–Crippen MR) is 61.0 cm³/mol. The van der Waals surface area contributed by atoms with Crippen LogP contribution in [0.3, 0.4) is 0 Å². The standard InChI is InChI=1S/C13H17NO/c1-5-11(4)15-13-9(2)6-12(8-14)7-10(13)3/h6-7,11H,5H2,1-4H3. The average Bonchev–Trinajstić information content (AvgIpc) is 2.22. The highest BCUT2D eigenvalue weighted by Gasteiger charge is 2.09. The van der Waals surface area contributed by atoms with E-state index >= 15 is 0 Å². The molecule has 2 heteroatoms. The minimum Gasteiger partial charge on any atom is -0.490 e.